The Morgan fingerprint density at radius 2 is 1.97 bits per heavy atom. The Morgan fingerprint density at radius 3 is 2.78 bits per heavy atom. The normalized spacial score (nSPS) is 19.8. The molecule has 1 aromatic heterocycles. The van der Waals surface area contributed by atoms with E-state index in [-0.39, 0.29) is 17.6 Å². The van der Waals surface area contributed by atoms with Gasteiger partial charge in [-0.1, -0.05) is 43.3 Å². The summed E-state index contributed by atoms with van der Waals surface area (Å²) in [4.78, 5) is 22.5. The van der Waals surface area contributed by atoms with Crippen LogP contribution in [0.4, 0.5) is 0 Å². The SMILES string of the molecule is CCc1ccccc1-n1c(CN2N=C(I)C3C(N)=NC=NC32)cc2cccc(C)c2c1=O. The molecule has 0 radical (unpaired) electrons. The third kappa shape index (κ3) is 3.33. The second-order valence-corrected chi connectivity index (χ2v) is 9.13. The van der Waals surface area contributed by atoms with Crippen LogP contribution in [-0.4, -0.2) is 31.6 Å². The van der Waals surface area contributed by atoms with Crippen molar-refractivity contribution < 1.29 is 0 Å². The van der Waals surface area contributed by atoms with E-state index in [1.54, 1.807) is 0 Å². The summed E-state index contributed by atoms with van der Waals surface area (Å²) >= 11 is 2.20. The third-order valence-corrected chi connectivity index (χ3v) is 6.98. The average molecular weight is 538 g/mol. The molecule has 5 rings (SSSR count). The van der Waals surface area contributed by atoms with Crippen molar-refractivity contribution in [1.29, 1.82) is 0 Å². The topological polar surface area (TPSA) is 88.3 Å². The molecule has 3 heterocycles. The van der Waals surface area contributed by atoms with Gasteiger partial charge in [0.1, 0.15) is 21.8 Å². The van der Waals surface area contributed by atoms with Crippen molar-refractivity contribution in [2.45, 2.75) is 33.0 Å². The van der Waals surface area contributed by atoms with E-state index < -0.39 is 0 Å². The largest absolute Gasteiger partial charge is 0.386 e. The summed E-state index contributed by atoms with van der Waals surface area (Å²) in [5, 5.41) is 8.31. The molecule has 2 aromatic carbocycles. The maximum absolute atomic E-state index is 13.9. The van der Waals surface area contributed by atoms with Crippen LogP contribution in [0.25, 0.3) is 16.5 Å². The number of hydrogen-bond acceptors (Lipinski definition) is 6. The number of amidine groups is 1. The minimum atomic E-state index is -0.252. The van der Waals surface area contributed by atoms with Crippen molar-refractivity contribution in [1.82, 2.24) is 9.58 Å². The highest BCUT2D eigenvalue weighted by Gasteiger charge is 2.40. The first kappa shape index (κ1) is 20.9. The molecular formula is C24H23IN6O. The maximum Gasteiger partial charge on any atom is 0.263 e. The number of rotatable bonds is 4. The minimum absolute atomic E-state index is 0.0147. The zero-order valence-corrected chi connectivity index (χ0v) is 20.0. The number of benzene rings is 2. The molecule has 2 aliphatic rings. The van der Waals surface area contributed by atoms with Crippen molar-refractivity contribution in [2.75, 3.05) is 0 Å². The monoisotopic (exact) mass is 538 g/mol. The van der Waals surface area contributed by atoms with E-state index in [4.69, 9.17) is 10.8 Å². The molecule has 0 amide bonds. The van der Waals surface area contributed by atoms with Crippen molar-refractivity contribution in [3.8, 4) is 5.69 Å². The van der Waals surface area contributed by atoms with Crippen LogP contribution < -0.4 is 11.3 Å². The Hall–Kier alpha value is -3.01. The van der Waals surface area contributed by atoms with Gasteiger partial charge in [-0.25, -0.2) is 9.98 Å². The highest BCUT2D eigenvalue weighted by molar-refractivity contribution is 14.1. The molecule has 0 saturated heterocycles. The van der Waals surface area contributed by atoms with Crippen LogP contribution in [-0.2, 0) is 13.0 Å². The molecule has 0 aliphatic carbocycles. The number of hydrogen-bond donors (Lipinski definition) is 1. The Labute approximate surface area is 199 Å². The van der Waals surface area contributed by atoms with E-state index in [1.165, 1.54) is 6.34 Å². The fourth-order valence-electron chi connectivity index (χ4n) is 4.52. The molecule has 2 unspecified atom stereocenters. The Kier molecular flexibility index (Phi) is 5.32. The molecular weight excluding hydrogens is 515 g/mol. The van der Waals surface area contributed by atoms with Crippen LogP contribution >= 0.6 is 22.6 Å². The molecule has 3 aromatic rings. The van der Waals surface area contributed by atoms with Gasteiger partial charge in [0.2, 0.25) is 0 Å². The first-order chi connectivity index (χ1) is 15.5. The van der Waals surface area contributed by atoms with Crippen LogP contribution in [0.1, 0.15) is 23.7 Å². The number of aromatic nitrogens is 1. The third-order valence-electron chi connectivity index (χ3n) is 6.10. The lowest BCUT2D eigenvalue weighted by atomic mass is 10.0. The average Bonchev–Trinajstić information content (AvgIpc) is 3.10. The summed E-state index contributed by atoms with van der Waals surface area (Å²) in [7, 11) is 0. The van der Waals surface area contributed by atoms with Gasteiger partial charge in [0.05, 0.1) is 17.6 Å². The number of fused-ring (bicyclic) bond motifs is 2. The van der Waals surface area contributed by atoms with Crippen LogP contribution in [0.2, 0.25) is 0 Å². The molecule has 0 saturated carbocycles. The number of nitrogens with two attached hydrogens (primary N) is 1. The number of halogens is 1. The summed E-state index contributed by atoms with van der Waals surface area (Å²) in [5.41, 5.74) is 9.97. The fourth-order valence-corrected chi connectivity index (χ4v) is 5.44. The van der Waals surface area contributed by atoms with Crippen LogP contribution in [0.5, 0.6) is 0 Å². The van der Waals surface area contributed by atoms with Gasteiger partial charge in [0.15, 0.2) is 6.17 Å². The number of pyridine rings is 1. The lowest BCUT2D eigenvalue weighted by Gasteiger charge is -2.27. The first-order valence-corrected chi connectivity index (χ1v) is 11.7. The summed E-state index contributed by atoms with van der Waals surface area (Å²) in [5.74, 6) is 0.370. The highest BCUT2D eigenvalue weighted by Crippen LogP contribution is 2.31. The number of nitrogens with zero attached hydrogens (tertiary/aromatic N) is 5. The molecule has 2 atom stereocenters. The van der Waals surface area contributed by atoms with E-state index in [2.05, 4.69) is 51.6 Å². The second kappa shape index (κ2) is 8.16. The molecule has 0 spiro atoms. The number of hydrazone groups is 1. The molecule has 7 nitrogen and oxygen atoms in total. The van der Waals surface area contributed by atoms with E-state index in [9.17, 15) is 4.79 Å². The van der Waals surface area contributed by atoms with Crippen molar-refractivity contribution in [3.63, 3.8) is 0 Å². The minimum Gasteiger partial charge on any atom is -0.386 e. The molecule has 8 heteroatoms. The molecule has 0 fully saturated rings. The Morgan fingerprint density at radius 1 is 1.16 bits per heavy atom. The summed E-state index contributed by atoms with van der Waals surface area (Å²) in [6.45, 7) is 4.51. The summed E-state index contributed by atoms with van der Waals surface area (Å²) < 4.78 is 2.69. The molecule has 2 N–H and O–H groups in total. The predicted molar refractivity (Wildman–Crippen MR) is 138 cm³/mol. The lowest BCUT2D eigenvalue weighted by molar-refractivity contribution is 0.210. The van der Waals surface area contributed by atoms with Crippen LogP contribution in [0, 0.1) is 12.8 Å². The number of para-hydroxylation sites is 1. The Balaban J connectivity index is 1.70. The van der Waals surface area contributed by atoms with Gasteiger partial charge < -0.3 is 5.73 Å². The quantitative estimate of drug-likeness (QED) is 0.514. The van der Waals surface area contributed by atoms with Gasteiger partial charge in [-0.3, -0.25) is 14.4 Å². The summed E-state index contributed by atoms with van der Waals surface area (Å²) in [6.07, 6.45) is 2.07. The van der Waals surface area contributed by atoms with Gasteiger partial charge in [-0.05, 0) is 64.6 Å². The van der Waals surface area contributed by atoms with Crippen LogP contribution in [0.3, 0.4) is 0 Å². The van der Waals surface area contributed by atoms with Gasteiger partial charge in [0, 0.05) is 5.69 Å². The van der Waals surface area contributed by atoms with Crippen LogP contribution in [0.15, 0.2) is 68.4 Å². The summed E-state index contributed by atoms with van der Waals surface area (Å²) in [6, 6.07) is 16.1. The van der Waals surface area contributed by atoms with Crippen molar-refractivity contribution >= 4 is 49.3 Å². The molecule has 2 aliphatic heterocycles. The molecule has 0 bridgehead atoms. The maximum atomic E-state index is 13.9. The fraction of sp³-hybridized carbons (Fsp3) is 0.250. The van der Waals surface area contributed by atoms with Gasteiger partial charge in [-0.2, -0.15) is 5.10 Å². The van der Waals surface area contributed by atoms with Crippen molar-refractivity contribution in [3.05, 3.63) is 75.7 Å². The van der Waals surface area contributed by atoms with E-state index in [0.29, 0.717) is 12.4 Å². The second-order valence-electron chi connectivity index (χ2n) is 8.03. The Bertz CT molecular complexity index is 1370. The standard InChI is InChI=1S/C24H23IN6O/c1-3-15-8-4-5-10-18(15)31-17(11-16-9-6-7-14(2)19(16)24(31)32)12-30-23-20(21(25)29-30)22(26)27-13-28-23/h4-11,13,20,23H,3,12H2,1-2H3,(H2,26,27,28). The van der Waals surface area contributed by atoms with Gasteiger partial charge in [0.25, 0.3) is 5.56 Å². The lowest BCUT2D eigenvalue weighted by Crippen LogP contribution is -2.41. The highest BCUT2D eigenvalue weighted by atomic mass is 127. The van der Waals surface area contributed by atoms with E-state index >= 15 is 0 Å². The number of aliphatic imine (C=N–C) groups is 2. The van der Waals surface area contributed by atoms with Gasteiger partial charge in [-0.15, -0.1) is 0 Å². The van der Waals surface area contributed by atoms with E-state index in [0.717, 1.165) is 43.4 Å². The zero-order valence-electron chi connectivity index (χ0n) is 17.9. The molecule has 32 heavy (non-hydrogen) atoms. The van der Waals surface area contributed by atoms with E-state index in [1.807, 2.05) is 52.9 Å². The van der Waals surface area contributed by atoms with Gasteiger partial charge >= 0.3 is 0 Å². The van der Waals surface area contributed by atoms with Crippen molar-refractivity contribution in [2.24, 2.45) is 26.7 Å². The molecule has 162 valence electrons. The number of aryl methyl sites for hydroxylation is 2. The zero-order chi connectivity index (χ0) is 22.4. The predicted octanol–water partition coefficient (Wildman–Crippen LogP) is 3.77. The first-order valence-electron chi connectivity index (χ1n) is 10.6. The smallest absolute Gasteiger partial charge is 0.263 e.